The van der Waals surface area contributed by atoms with Gasteiger partial charge >= 0.3 is 0 Å². The number of β-amino-alcohol motifs (C(OH)–C–C–N with tert-alkyl or cyclic N) is 1. The second-order valence-corrected chi connectivity index (χ2v) is 6.20. The van der Waals surface area contributed by atoms with Crippen LogP contribution < -0.4 is 10.1 Å². The molecule has 0 bridgehead atoms. The van der Waals surface area contributed by atoms with Gasteiger partial charge in [-0.15, -0.1) is 0 Å². The van der Waals surface area contributed by atoms with Crippen molar-refractivity contribution < 1.29 is 9.84 Å². The number of nitriles is 1. The molecule has 0 spiro atoms. The lowest BCUT2D eigenvalue weighted by Crippen LogP contribution is -2.42. The SMILES string of the molecule is CC(C)(C)NCC(O)COc1cccc2c1CC(C#N)=N2. The van der Waals surface area contributed by atoms with Crippen LogP contribution in [0.2, 0.25) is 0 Å². The van der Waals surface area contributed by atoms with E-state index < -0.39 is 6.10 Å². The Labute approximate surface area is 125 Å². The number of hydrogen-bond donors (Lipinski definition) is 2. The van der Waals surface area contributed by atoms with Gasteiger partial charge in [-0.25, -0.2) is 4.99 Å². The van der Waals surface area contributed by atoms with E-state index in [9.17, 15) is 5.11 Å². The Morgan fingerprint density at radius 3 is 2.90 bits per heavy atom. The molecule has 1 aliphatic heterocycles. The fourth-order valence-corrected chi connectivity index (χ4v) is 2.06. The Bertz CT molecular complexity index is 582. The van der Waals surface area contributed by atoms with Gasteiger partial charge < -0.3 is 15.2 Å². The quantitative estimate of drug-likeness (QED) is 0.868. The van der Waals surface area contributed by atoms with Crippen LogP contribution in [0.4, 0.5) is 5.69 Å². The zero-order valence-electron chi connectivity index (χ0n) is 12.7. The van der Waals surface area contributed by atoms with Gasteiger partial charge in [0.2, 0.25) is 0 Å². The lowest BCUT2D eigenvalue weighted by Gasteiger charge is -2.23. The van der Waals surface area contributed by atoms with Gasteiger partial charge in [-0.1, -0.05) is 6.07 Å². The third-order valence-electron chi connectivity index (χ3n) is 3.14. The maximum atomic E-state index is 9.95. The first kappa shape index (κ1) is 15.5. The van der Waals surface area contributed by atoms with Crippen molar-refractivity contribution in [3.63, 3.8) is 0 Å². The Hall–Kier alpha value is -1.90. The third-order valence-corrected chi connectivity index (χ3v) is 3.14. The Balaban J connectivity index is 1.92. The molecule has 1 aliphatic rings. The maximum absolute atomic E-state index is 9.95. The van der Waals surface area contributed by atoms with Gasteiger partial charge in [0.1, 0.15) is 30.2 Å². The van der Waals surface area contributed by atoms with E-state index in [2.05, 4.69) is 16.4 Å². The van der Waals surface area contributed by atoms with Crippen molar-refractivity contribution in [3.05, 3.63) is 23.8 Å². The first-order valence-corrected chi connectivity index (χ1v) is 7.04. The van der Waals surface area contributed by atoms with Crippen LogP contribution in [0.15, 0.2) is 23.2 Å². The van der Waals surface area contributed by atoms with Gasteiger partial charge in [0.25, 0.3) is 0 Å². The minimum Gasteiger partial charge on any atom is -0.490 e. The third kappa shape index (κ3) is 4.28. The molecule has 5 nitrogen and oxygen atoms in total. The summed E-state index contributed by atoms with van der Waals surface area (Å²) in [5.74, 6) is 0.691. The highest BCUT2D eigenvalue weighted by Gasteiger charge is 2.19. The van der Waals surface area contributed by atoms with E-state index in [1.165, 1.54) is 0 Å². The lowest BCUT2D eigenvalue weighted by molar-refractivity contribution is 0.0997. The fraction of sp³-hybridized carbons (Fsp3) is 0.500. The van der Waals surface area contributed by atoms with Crippen LogP contribution in [-0.2, 0) is 6.42 Å². The molecule has 2 rings (SSSR count). The number of fused-ring (bicyclic) bond motifs is 1. The molecule has 21 heavy (non-hydrogen) atoms. The van der Waals surface area contributed by atoms with E-state index in [0.29, 0.717) is 24.4 Å². The second-order valence-electron chi connectivity index (χ2n) is 6.20. The molecule has 0 aromatic heterocycles. The van der Waals surface area contributed by atoms with Crippen LogP contribution in [0, 0.1) is 11.3 Å². The molecule has 5 heteroatoms. The van der Waals surface area contributed by atoms with Crippen LogP contribution in [-0.4, -0.2) is 35.6 Å². The minimum absolute atomic E-state index is 0.0372. The summed E-state index contributed by atoms with van der Waals surface area (Å²) in [6.07, 6.45) is -0.0870. The van der Waals surface area contributed by atoms with Gasteiger partial charge in [-0.2, -0.15) is 5.26 Å². The van der Waals surface area contributed by atoms with E-state index in [-0.39, 0.29) is 12.1 Å². The molecule has 0 saturated carbocycles. The molecule has 1 heterocycles. The van der Waals surface area contributed by atoms with Crippen molar-refractivity contribution in [1.82, 2.24) is 5.32 Å². The molecule has 1 aromatic rings. The van der Waals surface area contributed by atoms with Gasteiger partial charge in [0.05, 0.1) is 5.69 Å². The molecular weight excluding hydrogens is 266 g/mol. The lowest BCUT2D eigenvalue weighted by atomic mass is 10.1. The highest BCUT2D eigenvalue weighted by molar-refractivity contribution is 6.05. The maximum Gasteiger partial charge on any atom is 0.125 e. The molecule has 0 amide bonds. The zero-order chi connectivity index (χ0) is 15.5. The first-order valence-electron chi connectivity index (χ1n) is 7.04. The van der Waals surface area contributed by atoms with Gasteiger partial charge in [0, 0.05) is 24.1 Å². The molecule has 0 radical (unpaired) electrons. The molecule has 1 aromatic carbocycles. The molecule has 0 saturated heterocycles. The van der Waals surface area contributed by atoms with Crippen molar-refractivity contribution in [3.8, 4) is 11.8 Å². The summed E-state index contributed by atoms with van der Waals surface area (Å²) in [5.41, 5.74) is 2.16. The highest BCUT2D eigenvalue weighted by atomic mass is 16.5. The standard InChI is InChI=1S/C16H21N3O2/c1-16(2,3)18-9-12(20)10-21-15-6-4-5-14-13(15)7-11(8-17)19-14/h4-6,12,18,20H,7,9-10H2,1-3H3. The van der Waals surface area contributed by atoms with E-state index >= 15 is 0 Å². The molecule has 2 N–H and O–H groups in total. The summed E-state index contributed by atoms with van der Waals surface area (Å²) >= 11 is 0. The highest BCUT2D eigenvalue weighted by Crippen LogP contribution is 2.34. The van der Waals surface area contributed by atoms with Crippen LogP contribution >= 0.6 is 0 Å². The summed E-state index contributed by atoms with van der Waals surface area (Å²) in [7, 11) is 0. The zero-order valence-corrected chi connectivity index (χ0v) is 12.7. The molecule has 1 atom stereocenters. The van der Waals surface area contributed by atoms with Crippen LogP contribution in [0.1, 0.15) is 26.3 Å². The number of nitrogens with one attached hydrogen (secondary N) is 1. The van der Waals surface area contributed by atoms with E-state index in [1.807, 2.05) is 39.0 Å². The largest absolute Gasteiger partial charge is 0.490 e. The Morgan fingerprint density at radius 1 is 1.48 bits per heavy atom. The fourth-order valence-electron chi connectivity index (χ4n) is 2.06. The van der Waals surface area contributed by atoms with Crippen LogP contribution in [0.5, 0.6) is 5.75 Å². The minimum atomic E-state index is -0.585. The van der Waals surface area contributed by atoms with Crippen molar-refractivity contribution >= 4 is 11.4 Å². The number of nitrogens with zero attached hydrogens (tertiary/aromatic N) is 2. The molecular formula is C16H21N3O2. The number of ether oxygens (including phenoxy) is 1. The van der Waals surface area contributed by atoms with E-state index in [1.54, 1.807) is 0 Å². The van der Waals surface area contributed by atoms with Gasteiger partial charge in [-0.05, 0) is 32.9 Å². The number of aliphatic hydroxyl groups excluding tert-OH is 1. The molecule has 0 fully saturated rings. The van der Waals surface area contributed by atoms with E-state index in [4.69, 9.17) is 10.00 Å². The normalized spacial score (nSPS) is 15.1. The number of hydrogen-bond acceptors (Lipinski definition) is 5. The van der Waals surface area contributed by atoms with Gasteiger partial charge in [-0.3, -0.25) is 0 Å². The number of rotatable bonds is 5. The molecule has 0 aliphatic carbocycles. The van der Waals surface area contributed by atoms with Crippen molar-refractivity contribution in [2.24, 2.45) is 4.99 Å². The average molecular weight is 287 g/mol. The number of aliphatic hydroxyl groups is 1. The first-order chi connectivity index (χ1) is 9.89. The van der Waals surface area contributed by atoms with Crippen LogP contribution in [0.25, 0.3) is 0 Å². The Kier molecular flexibility index (Phi) is 4.61. The topological polar surface area (TPSA) is 77.6 Å². The number of benzene rings is 1. The van der Waals surface area contributed by atoms with Gasteiger partial charge in [0.15, 0.2) is 0 Å². The molecule has 1 unspecified atom stereocenters. The second kappa shape index (κ2) is 6.25. The summed E-state index contributed by atoms with van der Waals surface area (Å²) < 4.78 is 5.70. The summed E-state index contributed by atoms with van der Waals surface area (Å²) in [6.45, 7) is 6.82. The Morgan fingerprint density at radius 2 is 2.24 bits per heavy atom. The summed E-state index contributed by atoms with van der Waals surface area (Å²) in [6, 6.07) is 7.63. The van der Waals surface area contributed by atoms with Crippen LogP contribution in [0.3, 0.4) is 0 Å². The smallest absolute Gasteiger partial charge is 0.125 e. The van der Waals surface area contributed by atoms with Crippen molar-refractivity contribution in [2.45, 2.75) is 38.8 Å². The average Bonchev–Trinajstić information content (AvgIpc) is 2.85. The van der Waals surface area contributed by atoms with Crippen molar-refractivity contribution in [2.75, 3.05) is 13.2 Å². The predicted octanol–water partition coefficient (Wildman–Crippen LogP) is 1.97. The molecule has 112 valence electrons. The summed E-state index contributed by atoms with van der Waals surface area (Å²) in [5, 5.41) is 22.1. The van der Waals surface area contributed by atoms with E-state index in [0.717, 1.165) is 11.3 Å². The van der Waals surface area contributed by atoms with Crippen molar-refractivity contribution in [1.29, 1.82) is 5.26 Å². The number of aliphatic imine (C=N–C) groups is 1. The summed E-state index contributed by atoms with van der Waals surface area (Å²) in [4.78, 5) is 4.23. The predicted molar refractivity (Wildman–Crippen MR) is 82.1 cm³/mol. The monoisotopic (exact) mass is 287 g/mol.